The number of rotatable bonds is 7. The molecule has 0 saturated carbocycles. The summed E-state index contributed by atoms with van der Waals surface area (Å²) in [6.07, 6.45) is 1.85. The standard InChI is InChI=1S/C27H22F6N2O2/c28-17-8-9-18-19(34-37-20(18)15-17)7-4-12-35-13-10-27(11-14-35,16-5-2-1-3-6-16)36-26-24(32)22(30)21(29)23(31)25(26)33/h1-3,5-6,8-9,15H,4,7,10-14H2. The molecular weight excluding hydrogens is 498 g/mol. The second-order valence-electron chi connectivity index (χ2n) is 9.08. The predicted octanol–water partition coefficient (Wildman–Crippen LogP) is 6.67. The molecule has 0 N–H and O–H groups in total. The third kappa shape index (κ3) is 4.77. The summed E-state index contributed by atoms with van der Waals surface area (Å²) < 4.78 is 94.4. The topological polar surface area (TPSA) is 38.5 Å². The third-order valence-electron chi connectivity index (χ3n) is 6.83. The van der Waals surface area contributed by atoms with E-state index >= 15 is 0 Å². The van der Waals surface area contributed by atoms with Crippen molar-refractivity contribution in [2.45, 2.75) is 31.3 Å². The van der Waals surface area contributed by atoms with E-state index in [0.717, 1.165) is 17.5 Å². The van der Waals surface area contributed by atoms with Crippen molar-refractivity contribution in [3.8, 4) is 5.75 Å². The van der Waals surface area contributed by atoms with Crippen molar-refractivity contribution < 1.29 is 35.6 Å². The fourth-order valence-corrected chi connectivity index (χ4v) is 4.81. The van der Waals surface area contributed by atoms with Crippen molar-refractivity contribution >= 4 is 11.0 Å². The Balaban J connectivity index is 1.30. The Hall–Kier alpha value is -3.53. The lowest BCUT2D eigenvalue weighted by atomic mass is 9.84. The van der Waals surface area contributed by atoms with Crippen LogP contribution in [0.1, 0.15) is 30.5 Å². The average Bonchev–Trinajstić information content (AvgIpc) is 3.32. The Morgan fingerprint density at radius 1 is 0.838 bits per heavy atom. The quantitative estimate of drug-likeness (QED) is 0.155. The highest BCUT2D eigenvalue weighted by atomic mass is 19.2. The molecule has 0 aliphatic carbocycles. The smallest absolute Gasteiger partial charge is 0.207 e. The molecule has 1 fully saturated rings. The van der Waals surface area contributed by atoms with Gasteiger partial charge in [-0.3, -0.25) is 0 Å². The number of nitrogens with zero attached hydrogens (tertiary/aromatic N) is 2. The molecule has 1 aromatic heterocycles. The van der Waals surface area contributed by atoms with Crippen LogP contribution in [0, 0.1) is 34.9 Å². The first kappa shape index (κ1) is 25.1. The van der Waals surface area contributed by atoms with E-state index in [2.05, 4.69) is 10.1 Å². The SMILES string of the molecule is Fc1ccc2c(CCCN3CCC(Oc4c(F)c(F)c(F)c(F)c4F)(c4ccccc4)CC3)noc2c1. The van der Waals surface area contributed by atoms with Crippen LogP contribution < -0.4 is 4.74 Å². The zero-order valence-electron chi connectivity index (χ0n) is 19.5. The van der Waals surface area contributed by atoms with Crippen LogP contribution in [0.15, 0.2) is 53.1 Å². The molecule has 4 aromatic rings. The van der Waals surface area contributed by atoms with Crippen LogP contribution in [0.4, 0.5) is 26.3 Å². The zero-order chi connectivity index (χ0) is 26.2. The maximum atomic E-state index is 14.5. The molecule has 0 spiro atoms. The highest BCUT2D eigenvalue weighted by Crippen LogP contribution is 2.41. The highest BCUT2D eigenvalue weighted by molar-refractivity contribution is 5.79. The molecule has 1 aliphatic heterocycles. The molecule has 194 valence electrons. The molecule has 0 bridgehead atoms. The lowest BCUT2D eigenvalue weighted by molar-refractivity contribution is -0.00998. The number of benzene rings is 3. The first-order valence-corrected chi connectivity index (χ1v) is 11.8. The number of ether oxygens (including phenoxy) is 1. The molecule has 0 unspecified atom stereocenters. The van der Waals surface area contributed by atoms with Crippen LogP contribution in [0.5, 0.6) is 5.75 Å². The molecule has 0 radical (unpaired) electrons. The van der Waals surface area contributed by atoms with Gasteiger partial charge in [-0.05, 0) is 37.1 Å². The Morgan fingerprint density at radius 2 is 1.49 bits per heavy atom. The minimum Gasteiger partial charge on any atom is -0.476 e. The summed E-state index contributed by atoms with van der Waals surface area (Å²) in [6.45, 7) is 1.60. The fraction of sp³-hybridized carbons (Fsp3) is 0.296. The summed E-state index contributed by atoms with van der Waals surface area (Å²) in [4.78, 5) is 2.13. The Kier molecular flexibility index (Phi) is 6.85. The number of hydrogen-bond donors (Lipinski definition) is 0. The Morgan fingerprint density at radius 3 is 2.16 bits per heavy atom. The van der Waals surface area contributed by atoms with Gasteiger partial charge in [-0.2, -0.15) is 8.78 Å². The number of fused-ring (bicyclic) bond motifs is 1. The fourth-order valence-electron chi connectivity index (χ4n) is 4.81. The average molecular weight is 520 g/mol. The van der Waals surface area contributed by atoms with Crippen LogP contribution in [-0.4, -0.2) is 29.7 Å². The van der Waals surface area contributed by atoms with Crippen LogP contribution in [-0.2, 0) is 12.0 Å². The summed E-state index contributed by atoms with van der Waals surface area (Å²) in [5, 5.41) is 4.78. The van der Waals surface area contributed by atoms with Crippen molar-refractivity contribution in [3.63, 3.8) is 0 Å². The van der Waals surface area contributed by atoms with Crippen LogP contribution in [0.3, 0.4) is 0 Å². The summed E-state index contributed by atoms with van der Waals surface area (Å²) in [5.74, 6) is -12.0. The van der Waals surface area contributed by atoms with E-state index in [4.69, 9.17) is 9.26 Å². The van der Waals surface area contributed by atoms with Crippen LogP contribution >= 0.6 is 0 Å². The van der Waals surface area contributed by atoms with Gasteiger partial charge < -0.3 is 14.2 Å². The van der Waals surface area contributed by atoms with Gasteiger partial charge in [0.2, 0.25) is 29.1 Å². The molecule has 1 saturated heterocycles. The third-order valence-corrected chi connectivity index (χ3v) is 6.83. The van der Waals surface area contributed by atoms with E-state index in [9.17, 15) is 26.3 Å². The van der Waals surface area contributed by atoms with E-state index in [0.29, 0.717) is 37.2 Å². The first-order chi connectivity index (χ1) is 17.8. The number of hydrogen-bond acceptors (Lipinski definition) is 4. The van der Waals surface area contributed by atoms with Crippen LogP contribution in [0.25, 0.3) is 11.0 Å². The van der Waals surface area contributed by atoms with E-state index in [1.165, 1.54) is 12.1 Å². The number of aromatic nitrogens is 1. The summed E-state index contributed by atoms with van der Waals surface area (Å²) >= 11 is 0. The minimum atomic E-state index is -2.23. The molecule has 0 amide bonds. The van der Waals surface area contributed by atoms with Crippen LogP contribution in [0.2, 0.25) is 0 Å². The summed E-state index contributed by atoms with van der Waals surface area (Å²) in [7, 11) is 0. The molecule has 2 heterocycles. The van der Waals surface area contributed by atoms with Crippen molar-refractivity contribution in [1.29, 1.82) is 0 Å². The van der Waals surface area contributed by atoms with Crippen molar-refractivity contribution in [3.05, 3.63) is 94.7 Å². The lowest BCUT2D eigenvalue weighted by Crippen LogP contribution is -2.46. The van der Waals surface area contributed by atoms with Gasteiger partial charge >= 0.3 is 0 Å². The van der Waals surface area contributed by atoms with E-state index < -0.39 is 46.3 Å². The minimum absolute atomic E-state index is 0.267. The van der Waals surface area contributed by atoms with Crippen molar-refractivity contribution in [2.75, 3.05) is 19.6 Å². The maximum Gasteiger partial charge on any atom is 0.207 e. The number of piperidine rings is 1. The largest absolute Gasteiger partial charge is 0.476 e. The molecule has 10 heteroatoms. The zero-order valence-corrected chi connectivity index (χ0v) is 19.5. The van der Waals surface area contributed by atoms with Gasteiger partial charge in [-0.15, -0.1) is 0 Å². The second kappa shape index (κ2) is 10.1. The molecule has 3 aromatic carbocycles. The summed E-state index contributed by atoms with van der Waals surface area (Å²) in [5.41, 5.74) is 0.411. The van der Waals surface area contributed by atoms with E-state index in [1.54, 1.807) is 36.4 Å². The maximum absolute atomic E-state index is 14.5. The van der Waals surface area contributed by atoms with Crippen molar-refractivity contribution in [1.82, 2.24) is 10.1 Å². The monoisotopic (exact) mass is 520 g/mol. The van der Waals surface area contributed by atoms with E-state index in [1.807, 2.05) is 0 Å². The van der Waals surface area contributed by atoms with Gasteiger partial charge in [0.1, 0.15) is 11.4 Å². The molecule has 37 heavy (non-hydrogen) atoms. The van der Waals surface area contributed by atoms with Gasteiger partial charge in [0.25, 0.3) is 0 Å². The van der Waals surface area contributed by atoms with E-state index in [-0.39, 0.29) is 12.8 Å². The predicted molar refractivity (Wildman–Crippen MR) is 123 cm³/mol. The molecular formula is C27H22F6N2O2. The van der Waals surface area contributed by atoms with Gasteiger partial charge in [0.05, 0.1) is 5.69 Å². The molecule has 5 rings (SSSR count). The number of likely N-dealkylation sites (tertiary alicyclic amines) is 1. The van der Waals surface area contributed by atoms with Gasteiger partial charge in [-0.25, -0.2) is 17.6 Å². The van der Waals surface area contributed by atoms with Gasteiger partial charge in [0, 0.05) is 37.4 Å². The Labute approximate surface area is 208 Å². The molecule has 4 nitrogen and oxygen atoms in total. The molecule has 1 aliphatic rings. The molecule has 0 atom stereocenters. The first-order valence-electron chi connectivity index (χ1n) is 11.8. The number of halogens is 6. The highest BCUT2D eigenvalue weighted by Gasteiger charge is 2.41. The lowest BCUT2D eigenvalue weighted by Gasteiger charge is -2.42. The second-order valence-corrected chi connectivity index (χ2v) is 9.08. The summed E-state index contributed by atoms with van der Waals surface area (Å²) in [6, 6.07) is 12.9. The van der Waals surface area contributed by atoms with Crippen molar-refractivity contribution in [2.24, 2.45) is 0 Å². The normalized spacial score (nSPS) is 15.8. The van der Waals surface area contributed by atoms with Gasteiger partial charge in [-0.1, -0.05) is 35.5 Å². The number of aryl methyl sites for hydroxylation is 1. The van der Waals surface area contributed by atoms with Gasteiger partial charge in [0.15, 0.2) is 11.3 Å². The Bertz CT molecular complexity index is 1390.